The van der Waals surface area contributed by atoms with E-state index in [1.54, 1.807) is 0 Å². The van der Waals surface area contributed by atoms with Gasteiger partial charge in [0.25, 0.3) is 5.56 Å². The topological polar surface area (TPSA) is 89.2 Å². The largest absolute Gasteiger partial charge is 0.416 e. The van der Waals surface area contributed by atoms with Crippen LogP contribution >= 0.6 is 34.7 Å². The van der Waals surface area contributed by atoms with Crippen LogP contribution in [0, 0.1) is 6.92 Å². The molecule has 0 saturated carbocycles. The molecule has 0 spiro atoms. The van der Waals surface area contributed by atoms with Crippen molar-refractivity contribution < 1.29 is 18.0 Å². The van der Waals surface area contributed by atoms with Crippen LogP contribution in [0.1, 0.15) is 11.3 Å². The van der Waals surface area contributed by atoms with Crippen LogP contribution in [-0.4, -0.2) is 31.5 Å². The van der Waals surface area contributed by atoms with Gasteiger partial charge in [0.2, 0.25) is 10.9 Å². The quantitative estimate of drug-likeness (QED) is 0.633. The SMILES string of the molecule is Cc1nnc2sc(SCC(=O)Nc3cc(C(F)(F)F)ccc3Cl)nn2c1=O. The van der Waals surface area contributed by atoms with Gasteiger partial charge in [-0.05, 0) is 25.1 Å². The number of carbonyl (C=O) groups is 1. The predicted molar refractivity (Wildman–Crippen MR) is 95.5 cm³/mol. The lowest BCUT2D eigenvalue weighted by molar-refractivity contribution is -0.137. The highest BCUT2D eigenvalue weighted by molar-refractivity contribution is 8.01. The van der Waals surface area contributed by atoms with Crippen LogP contribution in [0.4, 0.5) is 18.9 Å². The number of alkyl halides is 3. The van der Waals surface area contributed by atoms with E-state index < -0.39 is 23.2 Å². The van der Waals surface area contributed by atoms with E-state index in [0.29, 0.717) is 4.34 Å². The lowest BCUT2D eigenvalue weighted by atomic mass is 10.2. The van der Waals surface area contributed by atoms with Crippen LogP contribution < -0.4 is 10.9 Å². The standard InChI is InChI=1S/C14H9ClF3N5O2S2/c1-6-11(25)23-12(21-20-6)27-13(22-23)26-5-10(24)19-9-4-7(14(16,17)18)2-3-8(9)15/h2-4H,5H2,1H3,(H,19,24). The van der Waals surface area contributed by atoms with Gasteiger partial charge in [0.15, 0.2) is 4.34 Å². The van der Waals surface area contributed by atoms with Gasteiger partial charge in [-0.15, -0.1) is 15.3 Å². The fraction of sp³-hybridized carbons (Fsp3) is 0.214. The summed E-state index contributed by atoms with van der Waals surface area (Å²) in [5, 5.41) is 13.9. The first-order chi connectivity index (χ1) is 12.6. The van der Waals surface area contributed by atoms with E-state index in [1.807, 2.05) is 0 Å². The Balaban J connectivity index is 1.70. The first kappa shape index (κ1) is 19.6. The Kier molecular flexibility index (Phi) is 5.40. The molecule has 3 aromatic rings. The number of fused-ring (bicyclic) bond motifs is 1. The molecule has 0 saturated heterocycles. The van der Waals surface area contributed by atoms with Crippen molar-refractivity contribution in [3.63, 3.8) is 0 Å². The number of aromatic nitrogens is 4. The third-order valence-electron chi connectivity index (χ3n) is 3.22. The lowest BCUT2D eigenvalue weighted by Crippen LogP contribution is -2.19. The molecule has 27 heavy (non-hydrogen) atoms. The number of thioether (sulfide) groups is 1. The summed E-state index contributed by atoms with van der Waals surface area (Å²) in [6.45, 7) is 1.50. The first-order valence-electron chi connectivity index (χ1n) is 7.17. The monoisotopic (exact) mass is 435 g/mol. The summed E-state index contributed by atoms with van der Waals surface area (Å²) in [6.07, 6.45) is -4.55. The average Bonchev–Trinajstić information content (AvgIpc) is 3.01. The van der Waals surface area contributed by atoms with Crippen molar-refractivity contribution >= 4 is 51.3 Å². The summed E-state index contributed by atoms with van der Waals surface area (Å²) in [5.74, 6) is -0.719. The summed E-state index contributed by atoms with van der Waals surface area (Å²) in [7, 11) is 0. The minimum atomic E-state index is -4.55. The summed E-state index contributed by atoms with van der Waals surface area (Å²) < 4.78 is 39.8. The maximum Gasteiger partial charge on any atom is 0.416 e. The van der Waals surface area contributed by atoms with Gasteiger partial charge >= 0.3 is 6.18 Å². The van der Waals surface area contributed by atoms with Crippen molar-refractivity contribution in [3.05, 3.63) is 44.8 Å². The Morgan fingerprint density at radius 2 is 2.11 bits per heavy atom. The van der Waals surface area contributed by atoms with Crippen LogP contribution in [0.25, 0.3) is 4.96 Å². The molecule has 1 N–H and O–H groups in total. The van der Waals surface area contributed by atoms with Gasteiger partial charge in [0, 0.05) is 0 Å². The van der Waals surface area contributed by atoms with Gasteiger partial charge in [-0.2, -0.15) is 17.7 Å². The molecule has 142 valence electrons. The molecule has 0 atom stereocenters. The maximum absolute atomic E-state index is 12.8. The molecule has 13 heteroatoms. The summed E-state index contributed by atoms with van der Waals surface area (Å²) in [5.41, 5.74) is -1.29. The fourth-order valence-corrected chi connectivity index (χ4v) is 3.78. The van der Waals surface area contributed by atoms with Crippen molar-refractivity contribution in [1.82, 2.24) is 19.8 Å². The molecule has 0 aliphatic rings. The molecule has 0 fully saturated rings. The third kappa shape index (κ3) is 4.39. The van der Waals surface area contributed by atoms with E-state index in [-0.39, 0.29) is 27.1 Å². The highest BCUT2D eigenvalue weighted by Gasteiger charge is 2.31. The minimum Gasteiger partial charge on any atom is -0.324 e. The van der Waals surface area contributed by atoms with E-state index in [4.69, 9.17) is 11.6 Å². The lowest BCUT2D eigenvalue weighted by Gasteiger charge is -2.11. The minimum absolute atomic E-state index is 0.0151. The second-order valence-electron chi connectivity index (χ2n) is 5.18. The van der Waals surface area contributed by atoms with Gasteiger partial charge < -0.3 is 5.32 Å². The Morgan fingerprint density at radius 3 is 2.81 bits per heavy atom. The zero-order chi connectivity index (χ0) is 19.8. The molecule has 0 aliphatic heterocycles. The zero-order valence-electron chi connectivity index (χ0n) is 13.4. The van der Waals surface area contributed by atoms with Crippen molar-refractivity contribution in [2.75, 3.05) is 11.1 Å². The van der Waals surface area contributed by atoms with Crippen molar-refractivity contribution in [1.29, 1.82) is 0 Å². The molecular formula is C14H9ClF3N5O2S2. The number of nitrogens with zero attached hydrogens (tertiary/aromatic N) is 4. The van der Waals surface area contributed by atoms with E-state index in [0.717, 1.165) is 45.8 Å². The maximum atomic E-state index is 12.8. The van der Waals surface area contributed by atoms with E-state index in [2.05, 4.69) is 20.6 Å². The van der Waals surface area contributed by atoms with Crippen LogP contribution in [0.2, 0.25) is 5.02 Å². The number of anilines is 1. The van der Waals surface area contributed by atoms with Gasteiger partial charge in [0.05, 0.1) is 22.0 Å². The number of hydrogen-bond donors (Lipinski definition) is 1. The molecule has 0 bridgehead atoms. The molecule has 0 unspecified atom stereocenters. The normalized spacial score (nSPS) is 11.7. The second-order valence-corrected chi connectivity index (χ2v) is 7.77. The van der Waals surface area contributed by atoms with E-state index in [9.17, 15) is 22.8 Å². The van der Waals surface area contributed by atoms with Crippen molar-refractivity contribution in [2.45, 2.75) is 17.4 Å². The van der Waals surface area contributed by atoms with Gasteiger partial charge in [-0.1, -0.05) is 34.7 Å². The molecule has 3 rings (SSSR count). The van der Waals surface area contributed by atoms with Gasteiger partial charge in [-0.25, -0.2) is 0 Å². The Labute approximate surface area is 162 Å². The Hall–Kier alpha value is -2.18. The average molecular weight is 436 g/mol. The molecular weight excluding hydrogens is 427 g/mol. The Bertz CT molecular complexity index is 1080. The predicted octanol–water partition coefficient (Wildman–Crippen LogP) is 3.26. The molecule has 1 aromatic carbocycles. The third-order valence-corrected chi connectivity index (χ3v) is 5.59. The van der Waals surface area contributed by atoms with Gasteiger partial charge in [0.1, 0.15) is 5.69 Å². The number of aryl methyl sites for hydroxylation is 1. The van der Waals surface area contributed by atoms with Crippen LogP contribution in [0.5, 0.6) is 0 Å². The summed E-state index contributed by atoms with van der Waals surface area (Å²) >= 11 is 7.91. The molecule has 1 amide bonds. The molecule has 2 aromatic heterocycles. The fourth-order valence-electron chi connectivity index (χ4n) is 1.94. The van der Waals surface area contributed by atoms with Crippen LogP contribution in [0.15, 0.2) is 27.3 Å². The molecule has 0 radical (unpaired) electrons. The van der Waals surface area contributed by atoms with E-state index in [1.165, 1.54) is 6.92 Å². The molecule has 0 aliphatic carbocycles. The van der Waals surface area contributed by atoms with Crippen LogP contribution in [-0.2, 0) is 11.0 Å². The highest BCUT2D eigenvalue weighted by atomic mass is 35.5. The number of benzene rings is 1. The number of carbonyl (C=O) groups excluding carboxylic acids is 1. The zero-order valence-corrected chi connectivity index (χ0v) is 15.8. The first-order valence-corrected chi connectivity index (χ1v) is 9.35. The summed E-state index contributed by atoms with van der Waals surface area (Å²) in [6, 6.07) is 2.66. The summed E-state index contributed by atoms with van der Waals surface area (Å²) in [4.78, 5) is 24.2. The second kappa shape index (κ2) is 7.44. The Morgan fingerprint density at radius 1 is 1.37 bits per heavy atom. The van der Waals surface area contributed by atoms with Crippen LogP contribution in [0.3, 0.4) is 0 Å². The molecule has 2 heterocycles. The number of hydrogen-bond acceptors (Lipinski definition) is 7. The molecule has 7 nitrogen and oxygen atoms in total. The number of halogens is 4. The number of rotatable bonds is 4. The van der Waals surface area contributed by atoms with E-state index >= 15 is 0 Å². The van der Waals surface area contributed by atoms with Crippen molar-refractivity contribution in [2.24, 2.45) is 0 Å². The smallest absolute Gasteiger partial charge is 0.324 e. The number of nitrogens with one attached hydrogen (secondary N) is 1. The highest BCUT2D eigenvalue weighted by Crippen LogP contribution is 2.34. The van der Waals surface area contributed by atoms with Crippen molar-refractivity contribution in [3.8, 4) is 0 Å². The number of amides is 1. The van der Waals surface area contributed by atoms with Gasteiger partial charge in [-0.3, -0.25) is 9.59 Å².